The van der Waals surface area contributed by atoms with Crippen LogP contribution in [0, 0.1) is 13.8 Å². The third kappa shape index (κ3) is 4.03. The van der Waals surface area contributed by atoms with Crippen LogP contribution in [0.5, 0.6) is 0 Å². The van der Waals surface area contributed by atoms with Gasteiger partial charge < -0.3 is 10.5 Å². The predicted molar refractivity (Wildman–Crippen MR) is 128 cm³/mol. The Hall–Kier alpha value is -3.70. The van der Waals surface area contributed by atoms with Crippen LogP contribution in [0.3, 0.4) is 0 Å². The largest absolute Gasteiger partial charge is 0.449 e. The van der Waals surface area contributed by atoms with Crippen molar-refractivity contribution in [1.29, 1.82) is 0 Å². The van der Waals surface area contributed by atoms with E-state index in [1.807, 2.05) is 0 Å². The number of fused-ring (bicyclic) bond motifs is 1. The van der Waals surface area contributed by atoms with E-state index in [0.29, 0.717) is 38.3 Å². The van der Waals surface area contributed by atoms with Crippen LogP contribution in [0.25, 0.3) is 16.9 Å². The van der Waals surface area contributed by atoms with Gasteiger partial charge in [-0.05, 0) is 50.6 Å². The second-order valence-corrected chi connectivity index (χ2v) is 9.53. The van der Waals surface area contributed by atoms with Crippen molar-refractivity contribution in [3.05, 3.63) is 64.9 Å². The minimum atomic E-state index is -4.41. The number of nitrogens with two attached hydrogens (primary N) is 1. The molecule has 34 heavy (non-hydrogen) atoms. The van der Waals surface area contributed by atoms with Crippen molar-refractivity contribution in [3.8, 4) is 11.3 Å². The molecule has 0 aliphatic rings. The molecule has 4 aromatic rings. The SMILES string of the molecule is CCOC(=O)N(c1cc(-c2cc(N)c3nnc(C)n3n2)ccc1C)S(=O)(=O)c1ccccc1Cl. The van der Waals surface area contributed by atoms with Crippen LogP contribution in [-0.2, 0) is 14.8 Å². The van der Waals surface area contributed by atoms with Gasteiger partial charge in [-0.2, -0.15) is 13.9 Å². The predicted octanol–water partition coefficient (Wildman–Crippen LogP) is 4.00. The standard InChI is InChI=1S/C22H21ClN6O4S/c1-4-33-22(30)29(34(31,32)20-8-6-5-7-16(20)23)19-11-15(10-9-13(19)2)18-12-17(24)21-26-25-14(3)28(21)27-18/h5-12H,4,24H2,1-3H3. The molecule has 0 atom stereocenters. The van der Waals surface area contributed by atoms with Crippen molar-refractivity contribution in [3.63, 3.8) is 0 Å². The van der Waals surface area contributed by atoms with Crippen LogP contribution >= 0.6 is 11.6 Å². The summed E-state index contributed by atoms with van der Waals surface area (Å²) < 4.78 is 34.4. The number of hydrogen-bond acceptors (Lipinski definition) is 8. The minimum Gasteiger partial charge on any atom is -0.449 e. The monoisotopic (exact) mass is 500 g/mol. The lowest BCUT2D eigenvalue weighted by molar-refractivity contribution is 0.164. The number of sulfonamides is 1. The molecule has 2 heterocycles. The fourth-order valence-electron chi connectivity index (χ4n) is 3.39. The molecule has 2 aromatic carbocycles. The lowest BCUT2D eigenvalue weighted by Crippen LogP contribution is -2.38. The van der Waals surface area contributed by atoms with E-state index in [1.54, 1.807) is 45.0 Å². The van der Waals surface area contributed by atoms with Gasteiger partial charge in [0.2, 0.25) is 5.65 Å². The Morgan fingerprint density at radius 2 is 1.88 bits per heavy atom. The number of carbonyl (C=O) groups is 1. The summed E-state index contributed by atoms with van der Waals surface area (Å²) in [5.74, 6) is 0.533. The van der Waals surface area contributed by atoms with Gasteiger partial charge in [-0.25, -0.2) is 13.2 Å². The number of aryl methyl sites for hydroxylation is 2. The van der Waals surface area contributed by atoms with Gasteiger partial charge in [-0.15, -0.1) is 10.2 Å². The normalized spacial score (nSPS) is 11.5. The van der Waals surface area contributed by atoms with Crippen LogP contribution in [0.1, 0.15) is 18.3 Å². The molecule has 0 aliphatic heterocycles. The van der Waals surface area contributed by atoms with Crippen molar-refractivity contribution in [1.82, 2.24) is 19.8 Å². The molecule has 0 spiro atoms. The highest BCUT2D eigenvalue weighted by atomic mass is 35.5. The molecule has 0 saturated carbocycles. The summed E-state index contributed by atoms with van der Waals surface area (Å²) in [5.41, 5.74) is 8.45. The third-order valence-corrected chi connectivity index (χ3v) is 7.25. The van der Waals surface area contributed by atoms with Gasteiger partial charge in [0, 0.05) is 5.56 Å². The number of nitrogen functional groups attached to an aromatic ring is 1. The van der Waals surface area contributed by atoms with E-state index >= 15 is 0 Å². The highest BCUT2D eigenvalue weighted by Gasteiger charge is 2.35. The van der Waals surface area contributed by atoms with Gasteiger partial charge in [-0.1, -0.05) is 35.9 Å². The first-order valence-electron chi connectivity index (χ1n) is 10.2. The second kappa shape index (κ2) is 8.92. The lowest BCUT2D eigenvalue weighted by Gasteiger charge is -2.24. The Labute approximate surface area is 201 Å². The molecule has 1 amide bonds. The molecule has 2 N–H and O–H groups in total. The molecule has 0 radical (unpaired) electrons. The first-order chi connectivity index (χ1) is 16.1. The Bertz CT molecular complexity index is 1520. The van der Waals surface area contributed by atoms with Crippen molar-refractivity contribution < 1.29 is 17.9 Å². The maximum Gasteiger partial charge on any atom is 0.428 e. The topological polar surface area (TPSA) is 133 Å². The van der Waals surface area contributed by atoms with Crippen LogP contribution in [0.15, 0.2) is 53.4 Å². The average Bonchev–Trinajstić information content (AvgIpc) is 3.16. The summed E-state index contributed by atoms with van der Waals surface area (Å²) in [5, 5.41) is 12.5. The second-order valence-electron chi connectivity index (χ2n) is 7.37. The number of hydrogen-bond donors (Lipinski definition) is 1. The highest BCUT2D eigenvalue weighted by molar-refractivity contribution is 7.93. The highest BCUT2D eigenvalue weighted by Crippen LogP contribution is 2.34. The molecular weight excluding hydrogens is 480 g/mol. The van der Waals surface area contributed by atoms with Gasteiger partial charge in [0.05, 0.1) is 28.7 Å². The summed E-state index contributed by atoms with van der Waals surface area (Å²) in [7, 11) is -4.41. The lowest BCUT2D eigenvalue weighted by atomic mass is 10.1. The van der Waals surface area contributed by atoms with Crippen LogP contribution in [0.4, 0.5) is 16.2 Å². The molecular formula is C22H21ClN6O4S. The Balaban J connectivity index is 1.92. The van der Waals surface area contributed by atoms with E-state index in [0.717, 1.165) is 0 Å². The molecule has 10 nitrogen and oxygen atoms in total. The minimum absolute atomic E-state index is 0.0198. The summed E-state index contributed by atoms with van der Waals surface area (Å²) in [6.07, 6.45) is -1.06. The van der Waals surface area contributed by atoms with Gasteiger partial charge >= 0.3 is 6.09 Å². The zero-order valence-corrected chi connectivity index (χ0v) is 20.1. The van der Waals surface area contributed by atoms with E-state index in [9.17, 15) is 13.2 Å². The van der Waals surface area contributed by atoms with Gasteiger partial charge in [0.1, 0.15) is 4.90 Å². The number of carbonyl (C=O) groups excluding carboxylic acids is 1. The first-order valence-corrected chi connectivity index (χ1v) is 12.0. The number of benzene rings is 2. The van der Waals surface area contributed by atoms with Crippen molar-refractivity contribution in [2.45, 2.75) is 25.7 Å². The molecule has 0 unspecified atom stereocenters. The Morgan fingerprint density at radius 3 is 2.59 bits per heavy atom. The van der Waals surface area contributed by atoms with E-state index in [2.05, 4.69) is 15.3 Å². The summed E-state index contributed by atoms with van der Waals surface area (Å²) in [6, 6.07) is 12.5. The van der Waals surface area contributed by atoms with Crippen molar-refractivity contribution in [2.75, 3.05) is 16.6 Å². The molecule has 0 aliphatic carbocycles. The molecule has 4 rings (SSSR count). The van der Waals surface area contributed by atoms with E-state index in [1.165, 1.54) is 28.8 Å². The summed E-state index contributed by atoms with van der Waals surface area (Å²) in [6.45, 7) is 4.98. The van der Waals surface area contributed by atoms with Crippen molar-refractivity contribution in [2.24, 2.45) is 0 Å². The molecule has 0 saturated heterocycles. The Kier molecular flexibility index (Phi) is 6.15. The summed E-state index contributed by atoms with van der Waals surface area (Å²) >= 11 is 6.17. The smallest absolute Gasteiger partial charge is 0.428 e. The van der Waals surface area contributed by atoms with E-state index < -0.39 is 16.1 Å². The Morgan fingerprint density at radius 1 is 1.15 bits per heavy atom. The maximum atomic E-state index is 13.6. The van der Waals surface area contributed by atoms with Crippen LogP contribution in [-0.4, -0.2) is 40.9 Å². The van der Waals surface area contributed by atoms with Crippen LogP contribution < -0.4 is 10.0 Å². The summed E-state index contributed by atoms with van der Waals surface area (Å²) in [4.78, 5) is 12.7. The zero-order chi connectivity index (χ0) is 24.6. The number of ether oxygens (including phenoxy) is 1. The number of anilines is 2. The number of nitrogens with zero attached hydrogens (tertiary/aromatic N) is 5. The fraction of sp³-hybridized carbons (Fsp3) is 0.182. The first kappa shape index (κ1) is 23.5. The molecule has 12 heteroatoms. The average molecular weight is 501 g/mol. The number of amides is 1. The number of rotatable bonds is 5. The molecule has 0 bridgehead atoms. The molecule has 176 valence electrons. The van der Waals surface area contributed by atoms with Crippen LogP contribution in [0.2, 0.25) is 5.02 Å². The van der Waals surface area contributed by atoms with Gasteiger partial charge in [0.25, 0.3) is 10.0 Å². The maximum absolute atomic E-state index is 13.6. The van der Waals surface area contributed by atoms with Crippen molar-refractivity contribution >= 4 is 44.7 Å². The number of halogens is 1. The van der Waals surface area contributed by atoms with E-state index in [4.69, 9.17) is 22.1 Å². The quantitative estimate of drug-likeness (QED) is 0.434. The van der Waals surface area contributed by atoms with E-state index in [-0.39, 0.29) is 22.2 Å². The molecule has 0 fully saturated rings. The fourth-order valence-corrected chi connectivity index (χ4v) is 5.29. The van der Waals surface area contributed by atoms with Gasteiger partial charge in [0.15, 0.2) is 5.82 Å². The number of aromatic nitrogens is 4. The van der Waals surface area contributed by atoms with Gasteiger partial charge in [-0.3, -0.25) is 0 Å². The third-order valence-electron chi connectivity index (χ3n) is 5.07. The zero-order valence-electron chi connectivity index (χ0n) is 18.6. The molecule has 2 aromatic heterocycles.